The van der Waals surface area contributed by atoms with Crippen LogP contribution in [0.25, 0.3) is 0 Å². The predicted octanol–water partition coefficient (Wildman–Crippen LogP) is 3.93. The molecule has 0 aliphatic carbocycles. The Bertz CT molecular complexity index is 1090. The van der Waals surface area contributed by atoms with Gasteiger partial charge in [-0.2, -0.15) is 0 Å². The third kappa shape index (κ3) is 5.43. The lowest BCUT2D eigenvalue weighted by Crippen LogP contribution is -2.53. The van der Waals surface area contributed by atoms with E-state index in [9.17, 15) is 14.4 Å². The van der Waals surface area contributed by atoms with Gasteiger partial charge >= 0.3 is 12.0 Å². The number of anilines is 2. The quantitative estimate of drug-likeness (QED) is 0.633. The highest BCUT2D eigenvalue weighted by Crippen LogP contribution is 2.32. The number of hydrogen-bond acceptors (Lipinski definition) is 6. The van der Waals surface area contributed by atoms with Crippen molar-refractivity contribution >= 4 is 40.9 Å². The minimum atomic E-state index is -0.466. The number of benzene rings is 2. The number of fused-ring (bicyclic) bond motifs is 2. The summed E-state index contributed by atoms with van der Waals surface area (Å²) < 4.78 is 16.8. The van der Waals surface area contributed by atoms with Crippen molar-refractivity contribution in [2.24, 2.45) is 0 Å². The highest BCUT2D eigenvalue weighted by molar-refractivity contribution is 6.30. The lowest BCUT2D eigenvalue weighted by Gasteiger charge is -2.42. The molecule has 1 saturated heterocycles. The van der Waals surface area contributed by atoms with E-state index in [1.54, 1.807) is 54.4 Å². The number of hydrogen-bond donors (Lipinski definition) is 2. The van der Waals surface area contributed by atoms with Crippen LogP contribution in [0.15, 0.2) is 42.5 Å². The summed E-state index contributed by atoms with van der Waals surface area (Å²) in [5, 5.41) is 5.94. The van der Waals surface area contributed by atoms with Crippen LogP contribution in [0.4, 0.5) is 16.2 Å². The summed E-state index contributed by atoms with van der Waals surface area (Å²) in [7, 11) is 3.07. The van der Waals surface area contributed by atoms with Crippen molar-refractivity contribution < 1.29 is 28.6 Å². The second-order valence-electron chi connectivity index (χ2n) is 8.25. The number of methoxy groups -OCH3 is 1. The molecule has 4 rings (SSSR count). The molecule has 2 heterocycles. The summed E-state index contributed by atoms with van der Waals surface area (Å²) in [6.45, 7) is 0.231. The molecule has 180 valence electrons. The number of urea groups is 1. The van der Waals surface area contributed by atoms with Crippen LogP contribution in [0.1, 0.15) is 29.6 Å². The molecule has 3 amide bonds. The summed E-state index contributed by atoms with van der Waals surface area (Å²) in [5.74, 6) is -0.169. The van der Waals surface area contributed by atoms with Crippen LogP contribution in [0, 0.1) is 0 Å². The fourth-order valence-electron chi connectivity index (χ4n) is 4.23. The molecule has 0 aromatic heterocycles. The SMILES string of the molecule is COC(=O)C[C@H]1CC[C@@H]2[C@H](COc3ccc(NC(=O)Nc4cccc(Cl)c4)cc3C(=O)N2C)O1. The fraction of sp³-hybridized carbons (Fsp3) is 0.375. The Labute approximate surface area is 202 Å². The van der Waals surface area contributed by atoms with E-state index in [4.69, 9.17) is 25.8 Å². The highest BCUT2D eigenvalue weighted by Gasteiger charge is 2.39. The van der Waals surface area contributed by atoms with Crippen LogP contribution < -0.4 is 15.4 Å². The normalized spacial score (nSPS) is 21.8. The molecule has 0 radical (unpaired) electrons. The number of amides is 3. The lowest BCUT2D eigenvalue weighted by molar-refractivity contribution is -0.151. The van der Waals surface area contributed by atoms with Gasteiger partial charge in [0.2, 0.25) is 0 Å². The van der Waals surface area contributed by atoms with Crippen molar-refractivity contribution in [3.05, 3.63) is 53.1 Å². The maximum absolute atomic E-state index is 13.3. The van der Waals surface area contributed by atoms with Gasteiger partial charge in [0.05, 0.1) is 31.2 Å². The van der Waals surface area contributed by atoms with Crippen molar-refractivity contribution in [2.45, 2.75) is 37.5 Å². The maximum atomic E-state index is 13.3. The predicted molar refractivity (Wildman–Crippen MR) is 126 cm³/mol. The van der Waals surface area contributed by atoms with E-state index in [0.717, 1.165) is 0 Å². The number of esters is 1. The molecular formula is C24H26ClN3O6. The van der Waals surface area contributed by atoms with E-state index >= 15 is 0 Å². The number of carbonyl (C=O) groups is 3. The van der Waals surface area contributed by atoms with Crippen LogP contribution >= 0.6 is 11.6 Å². The van der Waals surface area contributed by atoms with Crippen LogP contribution in [0.3, 0.4) is 0 Å². The van der Waals surface area contributed by atoms with Crippen LogP contribution in [-0.2, 0) is 14.3 Å². The summed E-state index contributed by atoms with van der Waals surface area (Å²) in [6, 6.07) is 11.0. The van der Waals surface area contributed by atoms with E-state index in [1.807, 2.05) is 0 Å². The number of carbonyl (C=O) groups excluding carboxylic acids is 3. The van der Waals surface area contributed by atoms with E-state index in [0.29, 0.717) is 40.6 Å². The maximum Gasteiger partial charge on any atom is 0.323 e. The molecule has 0 unspecified atom stereocenters. The number of nitrogens with zero attached hydrogens (tertiary/aromatic N) is 1. The Morgan fingerprint density at radius 1 is 1.15 bits per heavy atom. The topological polar surface area (TPSA) is 106 Å². The molecule has 2 aromatic rings. The van der Waals surface area contributed by atoms with Crippen molar-refractivity contribution in [1.29, 1.82) is 0 Å². The number of rotatable bonds is 4. The molecule has 34 heavy (non-hydrogen) atoms. The molecule has 9 nitrogen and oxygen atoms in total. The van der Waals surface area contributed by atoms with Crippen LogP contribution in [-0.4, -0.2) is 61.8 Å². The number of likely N-dealkylation sites (N-methyl/N-ethyl adjacent to an activating group) is 1. The van der Waals surface area contributed by atoms with Crippen LogP contribution in [0.2, 0.25) is 5.02 Å². The van der Waals surface area contributed by atoms with E-state index in [-0.39, 0.29) is 43.2 Å². The molecule has 1 fully saturated rings. The van der Waals surface area contributed by atoms with Gasteiger partial charge in [-0.25, -0.2) is 4.79 Å². The highest BCUT2D eigenvalue weighted by atomic mass is 35.5. The first-order chi connectivity index (χ1) is 16.3. The molecule has 10 heteroatoms. The van der Waals surface area contributed by atoms with Crippen molar-refractivity contribution in [2.75, 3.05) is 31.4 Å². The monoisotopic (exact) mass is 487 g/mol. The third-order valence-corrected chi connectivity index (χ3v) is 6.21. The number of ether oxygens (including phenoxy) is 3. The molecule has 2 N–H and O–H groups in total. The van der Waals surface area contributed by atoms with Crippen molar-refractivity contribution in [3.8, 4) is 5.75 Å². The largest absolute Gasteiger partial charge is 0.490 e. The molecule has 3 atom stereocenters. The third-order valence-electron chi connectivity index (χ3n) is 5.97. The van der Waals surface area contributed by atoms with Gasteiger partial charge in [0.15, 0.2) is 0 Å². The molecule has 0 spiro atoms. The first-order valence-corrected chi connectivity index (χ1v) is 11.3. The zero-order valence-corrected chi connectivity index (χ0v) is 19.6. The van der Waals surface area contributed by atoms with Crippen LogP contribution in [0.5, 0.6) is 5.75 Å². The molecule has 0 bridgehead atoms. The lowest BCUT2D eigenvalue weighted by atomic mass is 9.94. The van der Waals surface area contributed by atoms with Gasteiger partial charge in [0.25, 0.3) is 5.91 Å². The Morgan fingerprint density at radius 2 is 1.91 bits per heavy atom. The van der Waals surface area contributed by atoms with Gasteiger partial charge in [-0.05, 0) is 49.2 Å². The summed E-state index contributed by atoms with van der Waals surface area (Å²) >= 11 is 5.95. The van der Waals surface area contributed by atoms with E-state index < -0.39 is 6.03 Å². The summed E-state index contributed by atoms with van der Waals surface area (Å²) in [6.07, 6.45) is 0.829. The van der Waals surface area contributed by atoms with Gasteiger partial charge in [-0.1, -0.05) is 17.7 Å². The average molecular weight is 488 g/mol. The fourth-order valence-corrected chi connectivity index (χ4v) is 4.42. The Balaban J connectivity index is 1.47. The first kappa shape index (κ1) is 23.8. The van der Waals surface area contributed by atoms with Crippen molar-refractivity contribution in [1.82, 2.24) is 4.90 Å². The Hall–Kier alpha value is -3.30. The first-order valence-electron chi connectivity index (χ1n) is 10.9. The summed E-state index contributed by atoms with van der Waals surface area (Å²) in [4.78, 5) is 39.0. The molecular weight excluding hydrogens is 462 g/mol. The van der Waals surface area contributed by atoms with E-state index in [2.05, 4.69) is 10.6 Å². The minimum absolute atomic E-state index is 0.167. The zero-order valence-electron chi connectivity index (χ0n) is 18.9. The summed E-state index contributed by atoms with van der Waals surface area (Å²) in [5.41, 5.74) is 1.33. The Morgan fingerprint density at radius 3 is 2.65 bits per heavy atom. The van der Waals surface area contributed by atoms with Gasteiger partial charge in [0, 0.05) is 23.4 Å². The second kappa shape index (κ2) is 10.3. The average Bonchev–Trinajstić information content (AvgIpc) is 2.81. The number of nitrogens with one attached hydrogen (secondary N) is 2. The Kier molecular flexibility index (Phi) is 7.23. The smallest absolute Gasteiger partial charge is 0.323 e. The van der Waals surface area contributed by atoms with Gasteiger partial charge in [-0.15, -0.1) is 0 Å². The van der Waals surface area contributed by atoms with Gasteiger partial charge < -0.3 is 29.7 Å². The van der Waals surface area contributed by atoms with Gasteiger partial charge in [-0.3, -0.25) is 9.59 Å². The molecule has 2 aromatic carbocycles. The molecule has 2 aliphatic heterocycles. The second-order valence-corrected chi connectivity index (χ2v) is 8.69. The van der Waals surface area contributed by atoms with E-state index in [1.165, 1.54) is 7.11 Å². The van der Waals surface area contributed by atoms with Crippen molar-refractivity contribution in [3.63, 3.8) is 0 Å². The van der Waals surface area contributed by atoms with Gasteiger partial charge in [0.1, 0.15) is 18.5 Å². The minimum Gasteiger partial charge on any atom is -0.490 e. The zero-order chi connectivity index (χ0) is 24.2. The molecule has 0 saturated carbocycles. The standard InChI is InChI=1S/C24H26ClN3O6/c1-28-19-8-7-17(12-22(29)32-2)34-21(19)13-33-20-9-6-16(11-18(20)23(28)30)27-24(31)26-15-5-3-4-14(25)10-15/h3-6,9-11,17,19,21H,7-8,12-13H2,1-2H3,(H2,26,27,31)/t17-,19-,21+/m1/s1. The molecule has 2 aliphatic rings. The number of halogens is 1.